The highest BCUT2D eigenvalue weighted by Crippen LogP contribution is 2.34. The van der Waals surface area contributed by atoms with Gasteiger partial charge in [0.25, 0.3) is 0 Å². The van der Waals surface area contributed by atoms with Crippen LogP contribution in [-0.2, 0) is 6.42 Å². The molecule has 0 spiro atoms. The Kier molecular flexibility index (Phi) is 5.78. The molecule has 0 aliphatic heterocycles. The predicted molar refractivity (Wildman–Crippen MR) is 73.0 cm³/mol. The maximum absolute atomic E-state index is 5.42. The number of hydrogen-bond donors (Lipinski definition) is 0. The highest BCUT2D eigenvalue weighted by atomic mass is 16.5. The van der Waals surface area contributed by atoms with Crippen molar-refractivity contribution in [1.82, 2.24) is 4.90 Å². The molecule has 0 atom stereocenters. The number of hydrogen-bond acceptors (Lipinski definition) is 4. The van der Waals surface area contributed by atoms with Crippen molar-refractivity contribution in [3.05, 3.63) is 17.7 Å². The summed E-state index contributed by atoms with van der Waals surface area (Å²) in [5.74, 6) is 2.38. The molecule has 0 bridgehead atoms. The van der Waals surface area contributed by atoms with E-state index in [4.69, 9.17) is 14.2 Å². The van der Waals surface area contributed by atoms with E-state index in [1.165, 1.54) is 0 Å². The Hall–Kier alpha value is -1.42. The van der Waals surface area contributed by atoms with Gasteiger partial charge in [-0.3, -0.25) is 0 Å². The third kappa shape index (κ3) is 3.53. The maximum Gasteiger partial charge on any atom is 0.129 e. The Morgan fingerprint density at radius 3 is 1.94 bits per heavy atom. The average molecular weight is 253 g/mol. The quantitative estimate of drug-likeness (QED) is 0.745. The average Bonchev–Trinajstić information content (AvgIpc) is 2.43. The molecule has 1 aromatic carbocycles. The molecule has 0 unspecified atom stereocenters. The van der Waals surface area contributed by atoms with Gasteiger partial charge in [0.15, 0.2) is 0 Å². The van der Waals surface area contributed by atoms with E-state index in [1.807, 2.05) is 12.1 Å². The summed E-state index contributed by atoms with van der Waals surface area (Å²) < 4.78 is 16.1. The van der Waals surface area contributed by atoms with Crippen molar-refractivity contribution in [3.63, 3.8) is 0 Å². The second-order valence-electron chi connectivity index (χ2n) is 4.16. The third-order valence-corrected chi connectivity index (χ3v) is 3.10. The minimum atomic E-state index is 0.747. The normalized spacial score (nSPS) is 10.6. The topological polar surface area (TPSA) is 30.9 Å². The number of benzene rings is 1. The van der Waals surface area contributed by atoms with Gasteiger partial charge >= 0.3 is 0 Å². The van der Waals surface area contributed by atoms with Crippen LogP contribution in [0, 0.1) is 0 Å². The van der Waals surface area contributed by atoms with Crippen LogP contribution in [0.4, 0.5) is 0 Å². The summed E-state index contributed by atoms with van der Waals surface area (Å²) in [4.78, 5) is 2.25. The van der Waals surface area contributed by atoms with Crippen LogP contribution in [0.3, 0.4) is 0 Å². The largest absolute Gasteiger partial charge is 0.496 e. The summed E-state index contributed by atoms with van der Waals surface area (Å²) in [6.45, 7) is 4.14. The van der Waals surface area contributed by atoms with E-state index < -0.39 is 0 Å². The molecule has 0 amide bonds. The fraction of sp³-hybridized carbons (Fsp3) is 0.571. The van der Waals surface area contributed by atoms with Gasteiger partial charge in [0.2, 0.25) is 0 Å². The van der Waals surface area contributed by atoms with Crippen LogP contribution in [0.2, 0.25) is 0 Å². The van der Waals surface area contributed by atoms with Gasteiger partial charge < -0.3 is 19.1 Å². The van der Waals surface area contributed by atoms with Crippen molar-refractivity contribution in [3.8, 4) is 17.2 Å². The van der Waals surface area contributed by atoms with Gasteiger partial charge in [-0.05, 0) is 20.0 Å². The Balaban J connectivity index is 2.99. The molecule has 0 heterocycles. The van der Waals surface area contributed by atoms with Crippen LogP contribution < -0.4 is 14.2 Å². The summed E-state index contributed by atoms with van der Waals surface area (Å²) in [7, 11) is 7.07. The molecule has 0 fully saturated rings. The lowest BCUT2D eigenvalue weighted by atomic mass is 10.1. The van der Waals surface area contributed by atoms with Crippen molar-refractivity contribution >= 4 is 0 Å². The van der Waals surface area contributed by atoms with Gasteiger partial charge in [-0.1, -0.05) is 6.92 Å². The van der Waals surface area contributed by atoms with Crippen LogP contribution in [0.15, 0.2) is 12.1 Å². The van der Waals surface area contributed by atoms with E-state index in [-0.39, 0.29) is 0 Å². The monoisotopic (exact) mass is 253 g/mol. The predicted octanol–water partition coefficient (Wildman–Crippen LogP) is 2.21. The van der Waals surface area contributed by atoms with Crippen LogP contribution in [0.25, 0.3) is 0 Å². The summed E-state index contributed by atoms with van der Waals surface area (Å²) in [6.07, 6.45) is 0.890. The molecule has 1 rings (SSSR count). The number of ether oxygens (including phenoxy) is 3. The molecule has 102 valence electrons. The van der Waals surface area contributed by atoms with E-state index >= 15 is 0 Å². The lowest BCUT2D eigenvalue weighted by molar-refractivity contribution is 0.341. The molecule has 18 heavy (non-hydrogen) atoms. The number of likely N-dealkylation sites (N-methyl/N-ethyl adjacent to an activating group) is 1. The van der Waals surface area contributed by atoms with E-state index in [0.717, 1.165) is 42.3 Å². The van der Waals surface area contributed by atoms with Crippen LogP contribution in [-0.4, -0.2) is 46.4 Å². The summed E-state index contributed by atoms with van der Waals surface area (Å²) in [5, 5.41) is 0. The zero-order chi connectivity index (χ0) is 13.5. The smallest absolute Gasteiger partial charge is 0.129 e. The first kappa shape index (κ1) is 14.6. The molecule has 0 N–H and O–H groups in total. The van der Waals surface area contributed by atoms with Gasteiger partial charge in [0, 0.05) is 24.2 Å². The number of nitrogens with zero attached hydrogens (tertiary/aromatic N) is 1. The van der Waals surface area contributed by atoms with E-state index in [0.29, 0.717) is 0 Å². The van der Waals surface area contributed by atoms with Crippen LogP contribution in [0.1, 0.15) is 12.5 Å². The summed E-state index contributed by atoms with van der Waals surface area (Å²) >= 11 is 0. The molecular formula is C14H23NO3. The molecule has 0 saturated heterocycles. The first-order valence-electron chi connectivity index (χ1n) is 6.13. The second-order valence-corrected chi connectivity index (χ2v) is 4.16. The molecule has 0 aliphatic rings. The minimum absolute atomic E-state index is 0.747. The minimum Gasteiger partial charge on any atom is -0.496 e. The standard InChI is InChI=1S/C14H23NO3/c1-6-15(2)8-7-12-13(17-4)9-11(16-3)10-14(12)18-5/h9-10H,6-8H2,1-5H3. The number of methoxy groups -OCH3 is 3. The van der Waals surface area contributed by atoms with Crippen LogP contribution in [0.5, 0.6) is 17.2 Å². The fourth-order valence-electron chi connectivity index (χ4n) is 1.79. The summed E-state index contributed by atoms with van der Waals surface area (Å²) in [6, 6.07) is 3.79. The molecular weight excluding hydrogens is 230 g/mol. The molecule has 4 nitrogen and oxygen atoms in total. The number of rotatable bonds is 7. The molecule has 0 aliphatic carbocycles. The lowest BCUT2D eigenvalue weighted by Gasteiger charge is -2.18. The molecule has 4 heteroatoms. The van der Waals surface area contributed by atoms with Gasteiger partial charge in [-0.2, -0.15) is 0 Å². The van der Waals surface area contributed by atoms with Gasteiger partial charge in [-0.25, -0.2) is 0 Å². The van der Waals surface area contributed by atoms with Gasteiger partial charge in [-0.15, -0.1) is 0 Å². The Morgan fingerprint density at radius 2 is 1.56 bits per heavy atom. The Bertz CT molecular complexity index is 354. The first-order valence-corrected chi connectivity index (χ1v) is 6.13. The Morgan fingerprint density at radius 1 is 1.00 bits per heavy atom. The zero-order valence-corrected chi connectivity index (χ0v) is 11.9. The van der Waals surface area contributed by atoms with E-state index in [9.17, 15) is 0 Å². The first-order chi connectivity index (χ1) is 8.65. The van der Waals surface area contributed by atoms with E-state index in [2.05, 4.69) is 18.9 Å². The Labute approximate surface area is 109 Å². The SMILES string of the molecule is CCN(C)CCc1c(OC)cc(OC)cc1OC. The molecule has 0 saturated carbocycles. The van der Waals surface area contributed by atoms with Crippen molar-refractivity contribution in [2.75, 3.05) is 41.5 Å². The highest BCUT2D eigenvalue weighted by Gasteiger charge is 2.13. The van der Waals surface area contributed by atoms with Gasteiger partial charge in [0.05, 0.1) is 21.3 Å². The van der Waals surface area contributed by atoms with Crippen molar-refractivity contribution in [2.24, 2.45) is 0 Å². The molecule has 1 aromatic rings. The molecule has 0 radical (unpaired) electrons. The van der Waals surface area contributed by atoms with Crippen molar-refractivity contribution in [2.45, 2.75) is 13.3 Å². The lowest BCUT2D eigenvalue weighted by Crippen LogP contribution is -2.20. The van der Waals surface area contributed by atoms with Crippen LogP contribution >= 0.6 is 0 Å². The van der Waals surface area contributed by atoms with Crippen molar-refractivity contribution in [1.29, 1.82) is 0 Å². The van der Waals surface area contributed by atoms with Gasteiger partial charge in [0.1, 0.15) is 17.2 Å². The van der Waals surface area contributed by atoms with E-state index in [1.54, 1.807) is 21.3 Å². The molecule has 0 aromatic heterocycles. The summed E-state index contributed by atoms with van der Waals surface area (Å²) in [5.41, 5.74) is 1.08. The third-order valence-electron chi connectivity index (χ3n) is 3.10. The fourth-order valence-corrected chi connectivity index (χ4v) is 1.79. The van der Waals surface area contributed by atoms with Crippen molar-refractivity contribution < 1.29 is 14.2 Å². The highest BCUT2D eigenvalue weighted by molar-refractivity contribution is 5.50. The second kappa shape index (κ2) is 7.11. The maximum atomic E-state index is 5.42. The zero-order valence-electron chi connectivity index (χ0n) is 11.9.